The van der Waals surface area contributed by atoms with Gasteiger partial charge in [0.2, 0.25) is 0 Å². The van der Waals surface area contributed by atoms with Gasteiger partial charge < -0.3 is 14.8 Å². The van der Waals surface area contributed by atoms with Crippen LogP contribution in [0.25, 0.3) is 0 Å². The van der Waals surface area contributed by atoms with Gasteiger partial charge in [-0.1, -0.05) is 35.3 Å². The number of carbonyl (C=O) groups is 1. The molecule has 116 valence electrons. The van der Waals surface area contributed by atoms with Gasteiger partial charge in [-0.05, 0) is 37.3 Å². The second-order valence-electron chi connectivity index (χ2n) is 4.55. The Labute approximate surface area is 138 Å². The Hall–Kier alpha value is -1.91. The molecule has 0 saturated carbocycles. The summed E-state index contributed by atoms with van der Waals surface area (Å²) >= 11 is 11.8. The van der Waals surface area contributed by atoms with Crippen LogP contribution in [0.3, 0.4) is 0 Å². The lowest BCUT2D eigenvalue weighted by Gasteiger charge is -2.16. The van der Waals surface area contributed by atoms with E-state index >= 15 is 0 Å². The van der Waals surface area contributed by atoms with Crippen molar-refractivity contribution in [1.82, 2.24) is 0 Å². The smallest absolute Gasteiger partial charge is 0.265 e. The van der Waals surface area contributed by atoms with Crippen LogP contribution in [0, 0.1) is 0 Å². The van der Waals surface area contributed by atoms with Gasteiger partial charge in [-0.2, -0.15) is 0 Å². The molecule has 6 heteroatoms. The predicted molar refractivity (Wildman–Crippen MR) is 88.2 cm³/mol. The number of methoxy groups -OCH3 is 1. The van der Waals surface area contributed by atoms with Crippen molar-refractivity contribution in [2.24, 2.45) is 0 Å². The normalized spacial score (nSPS) is 11.6. The van der Waals surface area contributed by atoms with Crippen molar-refractivity contribution in [3.05, 3.63) is 52.5 Å². The molecule has 1 amide bonds. The first-order valence-electron chi connectivity index (χ1n) is 6.56. The summed E-state index contributed by atoms with van der Waals surface area (Å²) in [5.41, 5.74) is 0.578. The number of anilines is 1. The minimum atomic E-state index is -0.723. The van der Waals surface area contributed by atoms with Gasteiger partial charge in [0, 0.05) is 10.0 Å². The van der Waals surface area contributed by atoms with Crippen molar-refractivity contribution in [2.45, 2.75) is 13.0 Å². The predicted octanol–water partition coefficient (Wildman–Crippen LogP) is 4.41. The summed E-state index contributed by atoms with van der Waals surface area (Å²) in [6.45, 7) is 1.64. The number of rotatable bonds is 5. The fourth-order valence-corrected chi connectivity index (χ4v) is 2.34. The topological polar surface area (TPSA) is 47.6 Å². The summed E-state index contributed by atoms with van der Waals surface area (Å²) in [7, 11) is 1.54. The molecule has 0 spiro atoms. The Morgan fingerprint density at radius 1 is 1.14 bits per heavy atom. The molecular formula is C16H15Cl2NO3. The monoisotopic (exact) mass is 339 g/mol. The standard InChI is InChI=1S/C16H15Cl2NO3/c1-10(22-13-8-11(17)7-12(18)9-13)16(20)19-14-5-3-4-6-15(14)21-2/h3-10H,1-2H3,(H,19,20)/t10-/m1/s1. The van der Waals surface area contributed by atoms with Gasteiger partial charge in [0.15, 0.2) is 6.10 Å². The lowest BCUT2D eigenvalue weighted by molar-refractivity contribution is -0.122. The molecule has 0 radical (unpaired) electrons. The number of halogens is 2. The zero-order valence-electron chi connectivity index (χ0n) is 12.1. The SMILES string of the molecule is COc1ccccc1NC(=O)[C@@H](C)Oc1cc(Cl)cc(Cl)c1. The molecule has 0 fully saturated rings. The lowest BCUT2D eigenvalue weighted by atomic mass is 10.2. The zero-order chi connectivity index (χ0) is 16.1. The molecule has 2 aromatic rings. The first-order chi connectivity index (χ1) is 10.5. The van der Waals surface area contributed by atoms with E-state index < -0.39 is 6.10 Å². The summed E-state index contributed by atoms with van der Waals surface area (Å²) in [6.07, 6.45) is -0.723. The molecule has 22 heavy (non-hydrogen) atoms. The third kappa shape index (κ3) is 4.29. The van der Waals surface area contributed by atoms with Crippen LogP contribution in [-0.4, -0.2) is 19.1 Å². The van der Waals surface area contributed by atoms with Crippen molar-refractivity contribution >= 4 is 34.8 Å². The molecule has 1 atom stereocenters. The summed E-state index contributed by atoms with van der Waals surface area (Å²) in [5.74, 6) is 0.703. The van der Waals surface area contributed by atoms with E-state index in [0.29, 0.717) is 27.2 Å². The van der Waals surface area contributed by atoms with E-state index in [4.69, 9.17) is 32.7 Å². The fourth-order valence-electron chi connectivity index (χ4n) is 1.84. The van der Waals surface area contributed by atoms with Crippen molar-refractivity contribution in [3.63, 3.8) is 0 Å². The Kier molecular flexibility index (Phi) is 5.52. The van der Waals surface area contributed by atoms with E-state index in [9.17, 15) is 4.79 Å². The zero-order valence-corrected chi connectivity index (χ0v) is 13.6. The number of nitrogens with one attached hydrogen (secondary N) is 1. The molecule has 2 rings (SSSR count). The number of hydrogen-bond donors (Lipinski definition) is 1. The second-order valence-corrected chi connectivity index (χ2v) is 5.43. The largest absolute Gasteiger partial charge is 0.495 e. The summed E-state index contributed by atoms with van der Waals surface area (Å²) < 4.78 is 10.7. The van der Waals surface area contributed by atoms with E-state index in [1.54, 1.807) is 50.4 Å². The lowest BCUT2D eigenvalue weighted by Crippen LogP contribution is -2.30. The maximum atomic E-state index is 12.2. The highest BCUT2D eigenvalue weighted by Crippen LogP contribution is 2.26. The van der Waals surface area contributed by atoms with Gasteiger partial charge in [-0.3, -0.25) is 4.79 Å². The molecule has 4 nitrogen and oxygen atoms in total. The molecule has 0 aliphatic heterocycles. The second kappa shape index (κ2) is 7.38. The van der Waals surface area contributed by atoms with E-state index in [1.807, 2.05) is 6.07 Å². The Morgan fingerprint density at radius 3 is 2.41 bits per heavy atom. The number of benzene rings is 2. The average Bonchev–Trinajstić information content (AvgIpc) is 2.46. The number of carbonyl (C=O) groups excluding carboxylic acids is 1. The number of ether oxygens (including phenoxy) is 2. The number of para-hydroxylation sites is 2. The number of hydrogen-bond acceptors (Lipinski definition) is 3. The quantitative estimate of drug-likeness (QED) is 0.877. The van der Waals surface area contributed by atoms with E-state index in [0.717, 1.165) is 0 Å². The van der Waals surface area contributed by atoms with Crippen molar-refractivity contribution in [1.29, 1.82) is 0 Å². The summed E-state index contributed by atoms with van der Waals surface area (Å²) in [6, 6.07) is 11.9. The van der Waals surface area contributed by atoms with Gasteiger partial charge in [0.25, 0.3) is 5.91 Å². The van der Waals surface area contributed by atoms with E-state index in [-0.39, 0.29) is 5.91 Å². The molecule has 0 aromatic heterocycles. The van der Waals surface area contributed by atoms with Gasteiger partial charge in [-0.15, -0.1) is 0 Å². The molecule has 1 N–H and O–H groups in total. The molecular weight excluding hydrogens is 325 g/mol. The van der Waals surface area contributed by atoms with E-state index in [2.05, 4.69) is 5.32 Å². The molecule has 2 aromatic carbocycles. The van der Waals surface area contributed by atoms with Crippen LogP contribution < -0.4 is 14.8 Å². The fraction of sp³-hybridized carbons (Fsp3) is 0.188. The first-order valence-corrected chi connectivity index (χ1v) is 7.32. The van der Waals surface area contributed by atoms with Crippen molar-refractivity contribution < 1.29 is 14.3 Å². The molecule has 0 aliphatic rings. The van der Waals surface area contributed by atoms with Gasteiger partial charge >= 0.3 is 0 Å². The number of amides is 1. The third-order valence-electron chi connectivity index (χ3n) is 2.88. The van der Waals surface area contributed by atoms with Crippen LogP contribution >= 0.6 is 23.2 Å². The maximum absolute atomic E-state index is 12.2. The molecule has 0 heterocycles. The molecule has 0 aliphatic carbocycles. The highest BCUT2D eigenvalue weighted by atomic mass is 35.5. The maximum Gasteiger partial charge on any atom is 0.265 e. The summed E-state index contributed by atoms with van der Waals surface area (Å²) in [4.78, 5) is 12.2. The molecule has 0 saturated heterocycles. The molecule has 0 bridgehead atoms. The first kappa shape index (κ1) is 16.5. The van der Waals surface area contributed by atoms with Gasteiger partial charge in [0.1, 0.15) is 11.5 Å². The highest BCUT2D eigenvalue weighted by molar-refractivity contribution is 6.34. The van der Waals surface area contributed by atoms with Crippen LogP contribution in [-0.2, 0) is 4.79 Å². The minimum Gasteiger partial charge on any atom is -0.495 e. The van der Waals surface area contributed by atoms with Crippen LogP contribution in [0.2, 0.25) is 10.0 Å². The van der Waals surface area contributed by atoms with Gasteiger partial charge in [-0.25, -0.2) is 0 Å². The van der Waals surface area contributed by atoms with Crippen molar-refractivity contribution in [2.75, 3.05) is 12.4 Å². The highest BCUT2D eigenvalue weighted by Gasteiger charge is 2.17. The van der Waals surface area contributed by atoms with Crippen LogP contribution in [0.5, 0.6) is 11.5 Å². The van der Waals surface area contributed by atoms with Crippen molar-refractivity contribution in [3.8, 4) is 11.5 Å². The third-order valence-corrected chi connectivity index (χ3v) is 3.32. The Bertz CT molecular complexity index is 656. The van der Waals surface area contributed by atoms with Crippen LogP contribution in [0.4, 0.5) is 5.69 Å². The Balaban J connectivity index is 2.06. The molecule has 0 unspecified atom stereocenters. The minimum absolute atomic E-state index is 0.305. The Morgan fingerprint density at radius 2 is 1.77 bits per heavy atom. The summed E-state index contributed by atoms with van der Waals surface area (Å²) in [5, 5.41) is 3.64. The van der Waals surface area contributed by atoms with Gasteiger partial charge in [0.05, 0.1) is 12.8 Å². The van der Waals surface area contributed by atoms with Crippen LogP contribution in [0.15, 0.2) is 42.5 Å². The van der Waals surface area contributed by atoms with E-state index in [1.165, 1.54) is 0 Å². The van der Waals surface area contributed by atoms with Crippen LogP contribution in [0.1, 0.15) is 6.92 Å². The average molecular weight is 340 g/mol.